The zero-order chi connectivity index (χ0) is 21.7. The molecule has 10 heteroatoms. The summed E-state index contributed by atoms with van der Waals surface area (Å²) in [5.74, 6) is -1.10. The number of thiocarbonyl (C=S) groups is 1. The zero-order valence-corrected chi connectivity index (χ0v) is 18.0. The van der Waals surface area contributed by atoms with E-state index in [1.165, 1.54) is 16.4 Å². The number of hydrogen-bond donors (Lipinski definition) is 3. The number of halogens is 1. The second-order valence-corrected chi connectivity index (χ2v) is 9.39. The van der Waals surface area contributed by atoms with Gasteiger partial charge < -0.3 is 5.32 Å². The topological polar surface area (TPSA) is 90.5 Å². The molecule has 30 heavy (non-hydrogen) atoms. The molecule has 160 valence electrons. The van der Waals surface area contributed by atoms with Crippen molar-refractivity contribution >= 4 is 38.9 Å². The third kappa shape index (κ3) is 5.32. The lowest BCUT2D eigenvalue weighted by molar-refractivity contribution is -0.126. The van der Waals surface area contributed by atoms with E-state index in [0.717, 1.165) is 5.56 Å². The fourth-order valence-electron chi connectivity index (χ4n) is 3.15. The number of piperidine rings is 1. The van der Waals surface area contributed by atoms with Gasteiger partial charge >= 0.3 is 0 Å². The summed E-state index contributed by atoms with van der Waals surface area (Å²) >= 11 is 5.06. The molecule has 1 amide bonds. The average molecular weight is 451 g/mol. The summed E-state index contributed by atoms with van der Waals surface area (Å²) in [6.07, 6.45) is 0.790. The Morgan fingerprint density at radius 1 is 1.07 bits per heavy atom. The fraction of sp³-hybridized carbons (Fsp3) is 0.300. The van der Waals surface area contributed by atoms with Gasteiger partial charge in [-0.15, -0.1) is 0 Å². The van der Waals surface area contributed by atoms with Gasteiger partial charge in [-0.2, -0.15) is 4.31 Å². The van der Waals surface area contributed by atoms with Gasteiger partial charge in [0.05, 0.1) is 10.6 Å². The van der Waals surface area contributed by atoms with Crippen LogP contribution in [-0.4, -0.2) is 36.8 Å². The predicted molar refractivity (Wildman–Crippen MR) is 117 cm³/mol. The molecule has 0 bridgehead atoms. The molecule has 7 nitrogen and oxygen atoms in total. The first-order valence-electron chi connectivity index (χ1n) is 9.45. The number of nitrogens with zero attached hydrogens (tertiary/aromatic N) is 1. The molecule has 1 saturated heterocycles. The van der Waals surface area contributed by atoms with Crippen molar-refractivity contribution in [1.29, 1.82) is 0 Å². The van der Waals surface area contributed by atoms with E-state index in [2.05, 4.69) is 16.2 Å². The number of anilines is 1. The predicted octanol–water partition coefficient (Wildman–Crippen LogP) is 2.55. The molecule has 0 unspecified atom stereocenters. The first-order valence-corrected chi connectivity index (χ1v) is 11.3. The second kappa shape index (κ2) is 9.50. The van der Waals surface area contributed by atoms with Gasteiger partial charge in [0.25, 0.3) is 0 Å². The van der Waals surface area contributed by atoms with Gasteiger partial charge in [-0.05, 0) is 56.2 Å². The molecule has 1 aliphatic heterocycles. The van der Waals surface area contributed by atoms with Crippen molar-refractivity contribution in [2.24, 2.45) is 5.92 Å². The standard InChI is InChI=1S/C20H23FN4O3S2/c1-14-6-8-16(9-7-14)30(27,28)25-12-10-15(11-13-25)19(26)23-24-20(29)22-18-5-3-2-4-17(18)21/h2-9,15H,10-13H2,1H3,(H,23,26)(H2,22,24,29). The number of sulfonamides is 1. The molecule has 3 N–H and O–H groups in total. The molecule has 3 rings (SSSR count). The van der Waals surface area contributed by atoms with Crippen molar-refractivity contribution < 1.29 is 17.6 Å². The van der Waals surface area contributed by atoms with Crippen molar-refractivity contribution in [3.63, 3.8) is 0 Å². The van der Waals surface area contributed by atoms with Crippen LogP contribution in [0.5, 0.6) is 0 Å². The number of nitrogens with one attached hydrogen (secondary N) is 3. The molecule has 1 aliphatic rings. The second-order valence-electron chi connectivity index (χ2n) is 7.04. The Balaban J connectivity index is 1.48. The van der Waals surface area contributed by atoms with Crippen molar-refractivity contribution in [2.45, 2.75) is 24.7 Å². The molecule has 0 aliphatic carbocycles. The van der Waals surface area contributed by atoms with Crippen LogP contribution in [-0.2, 0) is 14.8 Å². The Bertz CT molecular complexity index is 1020. The smallest absolute Gasteiger partial charge is 0.243 e. The summed E-state index contributed by atoms with van der Waals surface area (Å²) in [4.78, 5) is 12.6. The Kier molecular flexibility index (Phi) is 7.01. The third-order valence-electron chi connectivity index (χ3n) is 4.90. The van der Waals surface area contributed by atoms with Crippen LogP contribution in [0.1, 0.15) is 18.4 Å². The third-order valence-corrected chi connectivity index (χ3v) is 7.02. The quantitative estimate of drug-likeness (QED) is 0.490. The van der Waals surface area contributed by atoms with Crippen LogP contribution in [0.3, 0.4) is 0 Å². The summed E-state index contributed by atoms with van der Waals surface area (Å²) in [5, 5.41) is 2.71. The van der Waals surface area contributed by atoms with Gasteiger partial charge in [0, 0.05) is 19.0 Å². The minimum Gasteiger partial charge on any atom is -0.329 e. The van der Waals surface area contributed by atoms with Gasteiger partial charge in [0.2, 0.25) is 15.9 Å². The average Bonchev–Trinajstić information content (AvgIpc) is 2.74. The number of amides is 1. The van der Waals surface area contributed by atoms with Gasteiger partial charge in [0.15, 0.2) is 5.11 Å². The van der Waals surface area contributed by atoms with E-state index >= 15 is 0 Å². The number of carbonyl (C=O) groups excluding carboxylic acids is 1. The monoisotopic (exact) mass is 450 g/mol. The number of aryl methyl sites for hydroxylation is 1. The van der Waals surface area contributed by atoms with E-state index in [1.807, 2.05) is 6.92 Å². The molecule has 1 heterocycles. The summed E-state index contributed by atoms with van der Waals surface area (Å²) in [6, 6.07) is 12.7. The number of hydrazine groups is 1. The summed E-state index contributed by atoms with van der Waals surface area (Å²) in [5.41, 5.74) is 6.23. The molecular formula is C20H23FN4O3S2. The van der Waals surface area contributed by atoms with Crippen LogP contribution < -0.4 is 16.2 Å². The zero-order valence-electron chi connectivity index (χ0n) is 16.4. The largest absolute Gasteiger partial charge is 0.329 e. The number of benzene rings is 2. The SMILES string of the molecule is Cc1ccc(S(=O)(=O)N2CCC(C(=O)NNC(=S)Nc3ccccc3F)CC2)cc1. The number of para-hydroxylation sites is 1. The number of carbonyl (C=O) groups is 1. The van der Waals surface area contributed by atoms with Crippen LogP contribution in [0.4, 0.5) is 10.1 Å². The van der Waals surface area contributed by atoms with Crippen molar-refractivity contribution in [1.82, 2.24) is 15.2 Å². The number of rotatable bonds is 4. The van der Waals surface area contributed by atoms with Crippen LogP contribution >= 0.6 is 12.2 Å². The Hall–Kier alpha value is -2.56. The van der Waals surface area contributed by atoms with E-state index in [-0.39, 0.29) is 40.6 Å². The Morgan fingerprint density at radius 3 is 2.33 bits per heavy atom. The van der Waals surface area contributed by atoms with Crippen LogP contribution in [0, 0.1) is 18.7 Å². The van der Waals surface area contributed by atoms with E-state index in [4.69, 9.17) is 12.2 Å². The van der Waals surface area contributed by atoms with Gasteiger partial charge in [0.1, 0.15) is 5.82 Å². The molecule has 0 saturated carbocycles. The lowest BCUT2D eigenvalue weighted by atomic mass is 9.98. The maximum absolute atomic E-state index is 13.6. The summed E-state index contributed by atoms with van der Waals surface area (Å²) < 4.78 is 40.5. The highest BCUT2D eigenvalue weighted by atomic mass is 32.2. The summed E-state index contributed by atoms with van der Waals surface area (Å²) in [6.45, 7) is 2.41. The van der Waals surface area contributed by atoms with Crippen molar-refractivity contribution in [3.8, 4) is 0 Å². The van der Waals surface area contributed by atoms with E-state index in [0.29, 0.717) is 12.8 Å². The summed E-state index contributed by atoms with van der Waals surface area (Å²) in [7, 11) is -3.57. The Morgan fingerprint density at radius 2 is 1.70 bits per heavy atom. The molecule has 0 atom stereocenters. The maximum atomic E-state index is 13.6. The number of hydrogen-bond acceptors (Lipinski definition) is 4. The molecule has 2 aromatic rings. The highest BCUT2D eigenvalue weighted by Crippen LogP contribution is 2.24. The van der Waals surface area contributed by atoms with E-state index in [1.54, 1.807) is 36.4 Å². The Labute approximate surface area is 180 Å². The van der Waals surface area contributed by atoms with E-state index in [9.17, 15) is 17.6 Å². The van der Waals surface area contributed by atoms with Gasteiger partial charge in [-0.25, -0.2) is 12.8 Å². The molecule has 0 spiro atoms. The van der Waals surface area contributed by atoms with Crippen LogP contribution in [0.15, 0.2) is 53.4 Å². The molecular weight excluding hydrogens is 427 g/mol. The van der Waals surface area contributed by atoms with Crippen molar-refractivity contribution in [2.75, 3.05) is 18.4 Å². The first-order chi connectivity index (χ1) is 14.3. The lowest BCUT2D eigenvalue weighted by Gasteiger charge is -2.30. The van der Waals surface area contributed by atoms with Crippen LogP contribution in [0.25, 0.3) is 0 Å². The van der Waals surface area contributed by atoms with Crippen LogP contribution in [0.2, 0.25) is 0 Å². The molecule has 0 radical (unpaired) electrons. The van der Waals surface area contributed by atoms with E-state index < -0.39 is 15.8 Å². The highest BCUT2D eigenvalue weighted by molar-refractivity contribution is 7.89. The van der Waals surface area contributed by atoms with Gasteiger partial charge in [-0.3, -0.25) is 15.6 Å². The minimum absolute atomic E-state index is 0.0489. The van der Waals surface area contributed by atoms with Crippen molar-refractivity contribution in [3.05, 3.63) is 59.9 Å². The minimum atomic E-state index is -3.57. The molecule has 0 aromatic heterocycles. The maximum Gasteiger partial charge on any atom is 0.243 e. The fourth-order valence-corrected chi connectivity index (χ4v) is 4.78. The normalized spacial score (nSPS) is 15.4. The first kappa shape index (κ1) is 22.1. The molecule has 2 aromatic carbocycles. The lowest BCUT2D eigenvalue weighted by Crippen LogP contribution is -2.49. The highest BCUT2D eigenvalue weighted by Gasteiger charge is 2.32. The van der Waals surface area contributed by atoms with Gasteiger partial charge in [-0.1, -0.05) is 29.8 Å². The molecule has 1 fully saturated rings.